The van der Waals surface area contributed by atoms with Crippen LogP contribution in [0.25, 0.3) is 0 Å². The first-order chi connectivity index (χ1) is 9.27. The van der Waals surface area contributed by atoms with Gasteiger partial charge in [0.05, 0.1) is 19.3 Å². The van der Waals surface area contributed by atoms with E-state index in [1.165, 1.54) is 11.3 Å². The number of amides is 1. The molecule has 1 aromatic heterocycles. The Morgan fingerprint density at radius 1 is 1.37 bits per heavy atom. The first-order valence-electron chi connectivity index (χ1n) is 6.54. The molecule has 2 saturated heterocycles. The van der Waals surface area contributed by atoms with Gasteiger partial charge in [0.15, 0.2) is 6.29 Å². The molecular formula is C13H16BrNO3S. The lowest BCUT2D eigenvalue weighted by molar-refractivity contribution is -0.100. The third kappa shape index (κ3) is 2.72. The van der Waals surface area contributed by atoms with E-state index in [-0.39, 0.29) is 18.2 Å². The lowest BCUT2D eigenvalue weighted by Gasteiger charge is -2.37. The maximum atomic E-state index is 12.6. The number of hydrogen-bond donors (Lipinski definition) is 0. The molecule has 1 atom stereocenters. The Balaban J connectivity index is 1.80. The number of carbonyl (C=O) groups excluding carboxylic acids is 1. The molecule has 1 aromatic rings. The van der Waals surface area contributed by atoms with Crippen molar-refractivity contribution in [1.82, 2.24) is 4.90 Å². The van der Waals surface area contributed by atoms with Crippen LogP contribution in [-0.4, -0.2) is 42.9 Å². The highest BCUT2D eigenvalue weighted by Gasteiger charge is 2.37. The molecular weight excluding hydrogens is 330 g/mol. The molecule has 0 saturated carbocycles. The molecule has 4 nitrogen and oxygen atoms in total. The third-order valence-electron chi connectivity index (χ3n) is 3.58. The molecule has 3 rings (SSSR count). The van der Waals surface area contributed by atoms with Crippen molar-refractivity contribution < 1.29 is 14.3 Å². The molecule has 0 radical (unpaired) electrons. The zero-order valence-electron chi connectivity index (χ0n) is 10.5. The van der Waals surface area contributed by atoms with Crippen LogP contribution in [0.1, 0.15) is 28.9 Å². The van der Waals surface area contributed by atoms with Crippen molar-refractivity contribution in [3.63, 3.8) is 0 Å². The summed E-state index contributed by atoms with van der Waals surface area (Å²) >= 11 is 4.91. The zero-order chi connectivity index (χ0) is 13.2. The second-order valence-corrected chi connectivity index (χ2v) is 6.54. The van der Waals surface area contributed by atoms with Crippen LogP contribution in [-0.2, 0) is 9.47 Å². The van der Waals surface area contributed by atoms with E-state index in [0.717, 1.165) is 35.2 Å². The van der Waals surface area contributed by atoms with E-state index in [0.29, 0.717) is 13.2 Å². The van der Waals surface area contributed by atoms with Crippen LogP contribution in [0.2, 0.25) is 0 Å². The van der Waals surface area contributed by atoms with Gasteiger partial charge in [0.2, 0.25) is 0 Å². The summed E-state index contributed by atoms with van der Waals surface area (Å²) in [7, 11) is 0. The molecule has 0 aliphatic carbocycles. The Kier molecular flexibility index (Phi) is 4.21. The number of piperidine rings is 1. The Hall–Kier alpha value is -0.430. The molecule has 1 unspecified atom stereocenters. The van der Waals surface area contributed by atoms with E-state index in [1.54, 1.807) is 0 Å². The zero-order valence-corrected chi connectivity index (χ0v) is 12.9. The SMILES string of the molecule is O=C(c1sccc1Br)N1CCCCC1C1OCCO1. The normalized spacial score (nSPS) is 24.9. The highest BCUT2D eigenvalue weighted by Crippen LogP contribution is 2.30. The van der Waals surface area contributed by atoms with Crippen molar-refractivity contribution in [3.05, 3.63) is 20.8 Å². The molecule has 2 aliphatic rings. The van der Waals surface area contributed by atoms with Gasteiger partial charge in [-0.3, -0.25) is 4.79 Å². The van der Waals surface area contributed by atoms with Gasteiger partial charge in [-0.2, -0.15) is 0 Å². The minimum Gasteiger partial charge on any atom is -0.348 e. The maximum absolute atomic E-state index is 12.6. The Bertz CT molecular complexity index is 458. The summed E-state index contributed by atoms with van der Waals surface area (Å²) in [4.78, 5) is 15.3. The summed E-state index contributed by atoms with van der Waals surface area (Å²) in [5.74, 6) is 0.0886. The fourth-order valence-corrected chi connectivity index (χ4v) is 4.16. The second-order valence-electron chi connectivity index (χ2n) is 4.77. The van der Waals surface area contributed by atoms with Crippen molar-refractivity contribution in [1.29, 1.82) is 0 Å². The molecule has 0 spiro atoms. The van der Waals surface area contributed by atoms with Crippen LogP contribution in [0.4, 0.5) is 0 Å². The number of halogens is 1. The molecule has 3 heterocycles. The van der Waals surface area contributed by atoms with Crippen LogP contribution in [0.5, 0.6) is 0 Å². The van der Waals surface area contributed by atoms with Crippen LogP contribution >= 0.6 is 27.3 Å². The Labute approximate surface area is 124 Å². The highest BCUT2D eigenvalue weighted by atomic mass is 79.9. The predicted molar refractivity (Wildman–Crippen MR) is 76.4 cm³/mol. The van der Waals surface area contributed by atoms with E-state index in [1.807, 2.05) is 16.3 Å². The van der Waals surface area contributed by atoms with E-state index < -0.39 is 0 Å². The number of likely N-dealkylation sites (tertiary alicyclic amines) is 1. The topological polar surface area (TPSA) is 38.8 Å². The molecule has 0 N–H and O–H groups in total. The number of thiophene rings is 1. The van der Waals surface area contributed by atoms with Crippen molar-refractivity contribution >= 4 is 33.2 Å². The molecule has 2 fully saturated rings. The van der Waals surface area contributed by atoms with Crippen molar-refractivity contribution in [2.75, 3.05) is 19.8 Å². The van der Waals surface area contributed by atoms with Crippen LogP contribution in [0.3, 0.4) is 0 Å². The van der Waals surface area contributed by atoms with Gasteiger partial charge >= 0.3 is 0 Å². The molecule has 2 aliphatic heterocycles. The quantitative estimate of drug-likeness (QED) is 0.827. The average Bonchev–Trinajstić information content (AvgIpc) is 3.09. The summed E-state index contributed by atoms with van der Waals surface area (Å²) in [5.41, 5.74) is 0. The maximum Gasteiger partial charge on any atom is 0.265 e. The number of rotatable bonds is 2. The minimum atomic E-state index is -0.247. The van der Waals surface area contributed by atoms with Gasteiger partial charge in [-0.1, -0.05) is 0 Å². The van der Waals surface area contributed by atoms with Crippen LogP contribution < -0.4 is 0 Å². The van der Waals surface area contributed by atoms with Crippen LogP contribution in [0.15, 0.2) is 15.9 Å². The number of nitrogens with zero attached hydrogens (tertiary/aromatic N) is 1. The number of carbonyl (C=O) groups is 1. The Morgan fingerprint density at radius 3 is 2.84 bits per heavy atom. The molecule has 0 aromatic carbocycles. The van der Waals surface area contributed by atoms with Gasteiger partial charge < -0.3 is 14.4 Å². The summed E-state index contributed by atoms with van der Waals surface area (Å²) in [6, 6.07) is 1.97. The van der Waals surface area contributed by atoms with Crippen molar-refractivity contribution in [3.8, 4) is 0 Å². The fourth-order valence-electron chi connectivity index (χ4n) is 2.67. The second kappa shape index (κ2) is 5.91. The van der Waals surface area contributed by atoms with Crippen molar-refractivity contribution in [2.24, 2.45) is 0 Å². The van der Waals surface area contributed by atoms with E-state index in [4.69, 9.17) is 9.47 Å². The van der Waals surface area contributed by atoms with Crippen molar-refractivity contribution in [2.45, 2.75) is 31.6 Å². The smallest absolute Gasteiger partial charge is 0.265 e. The van der Waals surface area contributed by atoms with Gasteiger partial charge in [-0.25, -0.2) is 0 Å². The molecule has 6 heteroatoms. The minimum absolute atomic E-state index is 0.0535. The standard InChI is InChI=1S/C13H16BrNO3S/c14-9-4-8-19-11(9)12(16)15-5-2-1-3-10(15)13-17-6-7-18-13/h4,8,10,13H,1-3,5-7H2. The van der Waals surface area contributed by atoms with E-state index in [9.17, 15) is 4.79 Å². The van der Waals surface area contributed by atoms with Gasteiger partial charge in [0.1, 0.15) is 4.88 Å². The van der Waals surface area contributed by atoms with E-state index >= 15 is 0 Å². The van der Waals surface area contributed by atoms with Gasteiger partial charge in [0, 0.05) is 11.0 Å². The molecule has 19 heavy (non-hydrogen) atoms. The van der Waals surface area contributed by atoms with E-state index in [2.05, 4.69) is 15.9 Å². The molecule has 104 valence electrons. The molecule has 0 bridgehead atoms. The highest BCUT2D eigenvalue weighted by molar-refractivity contribution is 9.10. The monoisotopic (exact) mass is 345 g/mol. The summed E-state index contributed by atoms with van der Waals surface area (Å²) in [6.07, 6.45) is 2.89. The number of hydrogen-bond acceptors (Lipinski definition) is 4. The number of ether oxygens (including phenoxy) is 2. The summed E-state index contributed by atoms with van der Waals surface area (Å²) < 4.78 is 12.1. The van der Waals surface area contributed by atoms with Gasteiger partial charge in [-0.05, 0) is 46.6 Å². The molecule has 1 amide bonds. The van der Waals surface area contributed by atoms with Crippen LogP contribution in [0, 0.1) is 0 Å². The largest absolute Gasteiger partial charge is 0.348 e. The Morgan fingerprint density at radius 2 is 2.16 bits per heavy atom. The summed E-state index contributed by atoms with van der Waals surface area (Å²) in [5, 5.41) is 1.93. The average molecular weight is 346 g/mol. The third-order valence-corrected chi connectivity index (χ3v) is 5.41. The van der Waals surface area contributed by atoms with Gasteiger partial charge in [-0.15, -0.1) is 11.3 Å². The lowest BCUT2D eigenvalue weighted by Crippen LogP contribution is -2.50. The summed E-state index contributed by atoms with van der Waals surface area (Å²) in [6.45, 7) is 2.05. The lowest BCUT2D eigenvalue weighted by atomic mass is 10.0. The first kappa shape index (κ1) is 13.5. The van der Waals surface area contributed by atoms with Gasteiger partial charge in [0.25, 0.3) is 5.91 Å². The fraction of sp³-hybridized carbons (Fsp3) is 0.615. The first-order valence-corrected chi connectivity index (χ1v) is 8.22. The predicted octanol–water partition coefficient (Wildman–Crippen LogP) is 2.88.